The molecule has 0 heterocycles. The lowest BCUT2D eigenvalue weighted by atomic mass is 10.2. The van der Waals surface area contributed by atoms with Crippen LogP contribution in [0.25, 0.3) is 0 Å². The molecule has 0 bridgehead atoms. The molecule has 3 N–H and O–H groups in total. The lowest BCUT2D eigenvalue weighted by molar-refractivity contribution is 0.232. The van der Waals surface area contributed by atoms with Crippen LogP contribution in [0.1, 0.15) is 20.3 Å². The summed E-state index contributed by atoms with van der Waals surface area (Å²) < 4.78 is 13.3. The Morgan fingerprint density at radius 1 is 1.04 bits per heavy atom. The standard InChI is InChI=1S/C18H25FN4/c1-3-20-23(22-18-11-7-8-16(19)14-18)13-12-15(2)21-17-9-5-4-6-10-17/h4-11,14-15,20-22H,3,12-13H2,1-2H3. The lowest BCUT2D eigenvalue weighted by Gasteiger charge is -2.26. The summed E-state index contributed by atoms with van der Waals surface area (Å²) in [5.41, 5.74) is 8.29. The summed E-state index contributed by atoms with van der Waals surface area (Å²) >= 11 is 0. The molecular weight excluding hydrogens is 291 g/mol. The summed E-state index contributed by atoms with van der Waals surface area (Å²) in [6, 6.07) is 17.0. The van der Waals surface area contributed by atoms with Gasteiger partial charge in [0, 0.05) is 24.8 Å². The predicted molar refractivity (Wildman–Crippen MR) is 94.5 cm³/mol. The van der Waals surface area contributed by atoms with Crippen molar-refractivity contribution in [1.29, 1.82) is 0 Å². The molecule has 2 aromatic carbocycles. The molecule has 0 aliphatic rings. The van der Waals surface area contributed by atoms with Crippen molar-refractivity contribution >= 4 is 11.4 Å². The fourth-order valence-electron chi connectivity index (χ4n) is 2.29. The van der Waals surface area contributed by atoms with E-state index in [-0.39, 0.29) is 5.82 Å². The molecule has 23 heavy (non-hydrogen) atoms. The lowest BCUT2D eigenvalue weighted by Crippen LogP contribution is -2.44. The Kier molecular flexibility index (Phi) is 6.84. The van der Waals surface area contributed by atoms with Gasteiger partial charge in [0.15, 0.2) is 0 Å². The van der Waals surface area contributed by atoms with Crippen molar-refractivity contribution in [2.75, 3.05) is 23.8 Å². The Balaban J connectivity index is 1.84. The molecule has 0 aliphatic heterocycles. The average Bonchev–Trinajstić information content (AvgIpc) is 2.54. The minimum absolute atomic E-state index is 0.245. The van der Waals surface area contributed by atoms with E-state index in [4.69, 9.17) is 0 Å². The molecule has 5 heteroatoms. The molecule has 0 amide bonds. The zero-order valence-electron chi connectivity index (χ0n) is 13.7. The van der Waals surface area contributed by atoms with Gasteiger partial charge in [-0.05, 0) is 43.7 Å². The number of hydrazine groups is 2. The van der Waals surface area contributed by atoms with Crippen molar-refractivity contribution in [2.45, 2.75) is 26.3 Å². The van der Waals surface area contributed by atoms with Gasteiger partial charge in [0.1, 0.15) is 5.82 Å². The molecule has 2 rings (SSSR count). The third kappa shape index (κ3) is 6.26. The van der Waals surface area contributed by atoms with Crippen LogP contribution in [0.4, 0.5) is 15.8 Å². The fraction of sp³-hybridized carbons (Fsp3) is 0.333. The van der Waals surface area contributed by atoms with E-state index in [2.05, 4.69) is 35.2 Å². The van der Waals surface area contributed by atoms with Crippen molar-refractivity contribution in [3.05, 3.63) is 60.4 Å². The summed E-state index contributed by atoms with van der Waals surface area (Å²) in [4.78, 5) is 0. The smallest absolute Gasteiger partial charge is 0.125 e. The maximum Gasteiger partial charge on any atom is 0.125 e. The van der Waals surface area contributed by atoms with Crippen LogP contribution in [0.3, 0.4) is 0 Å². The molecule has 124 valence electrons. The second-order valence-corrected chi connectivity index (χ2v) is 5.49. The van der Waals surface area contributed by atoms with Gasteiger partial charge in [-0.1, -0.05) is 31.2 Å². The Morgan fingerprint density at radius 2 is 1.78 bits per heavy atom. The van der Waals surface area contributed by atoms with E-state index in [1.807, 2.05) is 36.3 Å². The van der Waals surface area contributed by atoms with E-state index in [1.54, 1.807) is 6.07 Å². The van der Waals surface area contributed by atoms with Crippen molar-refractivity contribution < 1.29 is 4.39 Å². The van der Waals surface area contributed by atoms with Gasteiger partial charge < -0.3 is 10.7 Å². The number of para-hydroxylation sites is 1. The molecule has 0 aromatic heterocycles. The molecule has 0 saturated heterocycles. The number of nitrogens with one attached hydrogen (secondary N) is 3. The maximum atomic E-state index is 13.3. The highest BCUT2D eigenvalue weighted by Gasteiger charge is 2.08. The zero-order chi connectivity index (χ0) is 16.5. The highest BCUT2D eigenvalue weighted by atomic mass is 19.1. The van der Waals surface area contributed by atoms with Crippen LogP contribution in [0, 0.1) is 5.82 Å². The topological polar surface area (TPSA) is 39.3 Å². The Labute approximate surface area is 137 Å². The predicted octanol–water partition coefficient (Wildman–Crippen LogP) is 3.87. The summed E-state index contributed by atoms with van der Waals surface area (Å²) in [5, 5.41) is 5.37. The van der Waals surface area contributed by atoms with Gasteiger partial charge in [-0.2, -0.15) is 5.12 Å². The minimum Gasteiger partial charge on any atom is -0.383 e. The second-order valence-electron chi connectivity index (χ2n) is 5.49. The average molecular weight is 316 g/mol. The van der Waals surface area contributed by atoms with E-state index in [0.717, 1.165) is 30.9 Å². The van der Waals surface area contributed by atoms with Crippen LogP contribution < -0.4 is 16.2 Å². The zero-order valence-corrected chi connectivity index (χ0v) is 13.7. The first kappa shape index (κ1) is 17.2. The van der Waals surface area contributed by atoms with Gasteiger partial charge in [0.2, 0.25) is 0 Å². The highest BCUT2D eigenvalue weighted by molar-refractivity contribution is 5.43. The molecule has 0 fully saturated rings. The van der Waals surface area contributed by atoms with Crippen molar-refractivity contribution in [3.8, 4) is 0 Å². The van der Waals surface area contributed by atoms with Gasteiger partial charge in [-0.25, -0.2) is 9.82 Å². The number of anilines is 2. The van der Waals surface area contributed by atoms with Crippen LogP contribution in [-0.2, 0) is 0 Å². The summed E-state index contributed by atoms with van der Waals surface area (Å²) in [5.74, 6) is -0.245. The number of rotatable bonds is 9. The SMILES string of the molecule is CCNN(CCC(C)Nc1ccccc1)Nc1cccc(F)c1. The van der Waals surface area contributed by atoms with Crippen molar-refractivity contribution in [2.24, 2.45) is 0 Å². The van der Waals surface area contributed by atoms with E-state index in [0.29, 0.717) is 6.04 Å². The van der Waals surface area contributed by atoms with E-state index in [1.165, 1.54) is 12.1 Å². The normalized spacial score (nSPS) is 12.2. The van der Waals surface area contributed by atoms with E-state index in [9.17, 15) is 4.39 Å². The first-order valence-electron chi connectivity index (χ1n) is 8.02. The van der Waals surface area contributed by atoms with Gasteiger partial charge in [0.25, 0.3) is 0 Å². The quantitative estimate of drug-likeness (QED) is 0.614. The Bertz CT molecular complexity index is 576. The van der Waals surface area contributed by atoms with Crippen LogP contribution in [-0.4, -0.2) is 24.2 Å². The molecule has 2 aromatic rings. The number of benzene rings is 2. The number of nitrogens with zero attached hydrogens (tertiary/aromatic N) is 1. The van der Waals surface area contributed by atoms with Crippen molar-refractivity contribution in [3.63, 3.8) is 0 Å². The van der Waals surface area contributed by atoms with Crippen LogP contribution >= 0.6 is 0 Å². The summed E-state index contributed by atoms with van der Waals surface area (Å²) in [7, 11) is 0. The molecule has 0 spiro atoms. The van der Waals surface area contributed by atoms with Gasteiger partial charge in [-0.3, -0.25) is 0 Å². The van der Waals surface area contributed by atoms with Gasteiger partial charge >= 0.3 is 0 Å². The Hall–Kier alpha value is -2.11. The van der Waals surface area contributed by atoms with Crippen LogP contribution in [0.2, 0.25) is 0 Å². The van der Waals surface area contributed by atoms with Crippen LogP contribution in [0.5, 0.6) is 0 Å². The largest absolute Gasteiger partial charge is 0.383 e. The fourth-order valence-corrected chi connectivity index (χ4v) is 2.29. The monoisotopic (exact) mass is 316 g/mol. The molecule has 1 atom stereocenters. The van der Waals surface area contributed by atoms with Gasteiger partial charge in [0.05, 0.1) is 5.69 Å². The first-order chi connectivity index (χ1) is 11.2. The van der Waals surface area contributed by atoms with E-state index < -0.39 is 0 Å². The molecular formula is C18H25FN4. The third-order valence-corrected chi connectivity index (χ3v) is 3.41. The Morgan fingerprint density at radius 3 is 2.48 bits per heavy atom. The maximum absolute atomic E-state index is 13.3. The number of hydrogen-bond acceptors (Lipinski definition) is 4. The summed E-state index contributed by atoms with van der Waals surface area (Å²) in [6.45, 7) is 5.76. The summed E-state index contributed by atoms with van der Waals surface area (Å²) in [6.07, 6.45) is 0.935. The molecule has 1 unspecified atom stereocenters. The number of halogens is 1. The molecule has 4 nitrogen and oxygen atoms in total. The molecule has 0 saturated carbocycles. The minimum atomic E-state index is -0.245. The highest BCUT2D eigenvalue weighted by Crippen LogP contribution is 2.11. The third-order valence-electron chi connectivity index (χ3n) is 3.41. The van der Waals surface area contributed by atoms with Gasteiger partial charge in [-0.15, -0.1) is 0 Å². The number of hydrogen-bond donors (Lipinski definition) is 3. The first-order valence-corrected chi connectivity index (χ1v) is 8.02. The van der Waals surface area contributed by atoms with Crippen molar-refractivity contribution in [1.82, 2.24) is 10.5 Å². The van der Waals surface area contributed by atoms with E-state index >= 15 is 0 Å². The molecule has 0 radical (unpaired) electrons. The van der Waals surface area contributed by atoms with Crippen LogP contribution in [0.15, 0.2) is 54.6 Å². The second kappa shape index (κ2) is 9.12. The molecule has 0 aliphatic carbocycles.